The zero-order valence-electron chi connectivity index (χ0n) is 17.8. The molecule has 0 spiro atoms. The fourth-order valence-corrected chi connectivity index (χ4v) is 2.96. The van der Waals surface area contributed by atoms with E-state index in [2.05, 4.69) is 10.6 Å². The zero-order valence-corrected chi connectivity index (χ0v) is 18.5. The average molecular weight is 482 g/mol. The number of nitroso groups, excluding NO2 is 1. The van der Waals surface area contributed by atoms with Gasteiger partial charge in [-0.3, -0.25) is 19.2 Å². The predicted molar refractivity (Wildman–Crippen MR) is 104 cm³/mol. The molecule has 0 aliphatic carbocycles. The minimum absolute atomic E-state index is 0.123. The fourth-order valence-electron chi connectivity index (χ4n) is 2.80. The predicted octanol–water partition coefficient (Wildman–Crippen LogP) is 0.00130. The number of alkyl halides is 1. The highest BCUT2D eigenvalue weighted by molar-refractivity contribution is 6.18. The number of esters is 4. The minimum atomic E-state index is -1.59. The molecule has 0 saturated carbocycles. The van der Waals surface area contributed by atoms with Crippen LogP contribution in [0.4, 0.5) is 4.79 Å². The molecule has 15 heteroatoms. The molecule has 0 aromatic rings. The molecule has 1 rings (SSSR count). The lowest BCUT2D eigenvalue weighted by Gasteiger charge is -2.44. The molecule has 0 radical (unpaired) electrons. The monoisotopic (exact) mass is 481 g/mol. The highest BCUT2D eigenvalue weighted by Crippen LogP contribution is 2.28. The molecular weight excluding hydrogens is 458 g/mol. The van der Waals surface area contributed by atoms with Gasteiger partial charge < -0.3 is 29.0 Å². The summed E-state index contributed by atoms with van der Waals surface area (Å²) in [5.74, 6) is -3.29. The first-order chi connectivity index (χ1) is 15.0. The summed E-state index contributed by atoms with van der Waals surface area (Å²) in [4.78, 5) is 69.7. The van der Waals surface area contributed by atoms with Crippen LogP contribution in [0.3, 0.4) is 0 Å². The topological polar surface area (TPSA) is 176 Å². The second-order valence-corrected chi connectivity index (χ2v) is 6.85. The summed E-state index contributed by atoms with van der Waals surface area (Å²) in [6, 6.07) is -2.53. The van der Waals surface area contributed by atoms with Gasteiger partial charge in [-0.15, -0.1) is 16.5 Å². The van der Waals surface area contributed by atoms with Gasteiger partial charge in [-0.2, -0.15) is 5.01 Å². The molecule has 0 bridgehead atoms. The van der Waals surface area contributed by atoms with Crippen LogP contribution in [-0.2, 0) is 42.9 Å². The van der Waals surface area contributed by atoms with Crippen LogP contribution in [-0.4, -0.2) is 84.6 Å². The summed E-state index contributed by atoms with van der Waals surface area (Å²) in [7, 11) is 0. The molecule has 1 heterocycles. The van der Waals surface area contributed by atoms with E-state index >= 15 is 0 Å². The van der Waals surface area contributed by atoms with Gasteiger partial charge in [0, 0.05) is 33.6 Å². The molecule has 180 valence electrons. The van der Waals surface area contributed by atoms with Crippen molar-refractivity contribution >= 4 is 41.5 Å². The number of rotatable bonds is 9. The van der Waals surface area contributed by atoms with Crippen LogP contribution < -0.4 is 5.32 Å². The zero-order chi connectivity index (χ0) is 24.4. The summed E-state index contributed by atoms with van der Waals surface area (Å²) in [5.41, 5.74) is 0. The number of halogens is 1. The fraction of sp³-hybridized carbons (Fsp3) is 0.706. The normalized spacial score (nSPS) is 24.5. The third-order valence-electron chi connectivity index (χ3n) is 3.90. The maximum Gasteiger partial charge on any atom is 0.341 e. The van der Waals surface area contributed by atoms with Gasteiger partial charge in [0.15, 0.2) is 12.2 Å². The van der Waals surface area contributed by atoms with Crippen molar-refractivity contribution in [3.05, 3.63) is 4.91 Å². The van der Waals surface area contributed by atoms with Crippen molar-refractivity contribution in [2.24, 2.45) is 5.29 Å². The number of nitrogens with one attached hydrogen (secondary N) is 1. The number of amides is 2. The van der Waals surface area contributed by atoms with Crippen molar-refractivity contribution in [1.82, 2.24) is 10.3 Å². The Morgan fingerprint density at radius 3 is 1.97 bits per heavy atom. The first-order valence-corrected chi connectivity index (χ1v) is 9.81. The lowest BCUT2D eigenvalue weighted by molar-refractivity contribution is -0.270. The van der Waals surface area contributed by atoms with Crippen molar-refractivity contribution in [3.8, 4) is 0 Å². The van der Waals surface area contributed by atoms with E-state index in [-0.39, 0.29) is 12.4 Å². The first kappa shape index (κ1) is 27.0. The van der Waals surface area contributed by atoms with E-state index in [4.69, 9.17) is 35.3 Å². The molecule has 32 heavy (non-hydrogen) atoms. The van der Waals surface area contributed by atoms with Crippen molar-refractivity contribution < 1.29 is 47.7 Å². The SMILES string of the molecule is CC(=O)OC[C@H]1O[C@@H](OC(C)=O)[C@@H](NC(=O)N(CCCl)N=O)[C@@H](OC(C)=O)[C@@H]1OC(C)=O. The summed E-state index contributed by atoms with van der Waals surface area (Å²) in [5, 5.41) is 5.28. The Balaban J connectivity index is 3.38. The van der Waals surface area contributed by atoms with E-state index in [0.29, 0.717) is 5.01 Å². The van der Waals surface area contributed by atoms with E-state index in [1.54, 1.807) is 0 Å². The molecule has 1 fully saturated rings. The van der Waals surface area contributed by atoms with Gasteiger partial charge in [0.1, 0.15) is 18.8 Å². The Hall–Kier alpha value is -3.00. The Bertz CT molecular complexity index is 735. The van der Waals surface area contributed by atoms with Crippen molar-refractivity contribution in [1.29, 1.82) is 0 Å². The molecule has 0 unspecified atom stereocenters. The van der Waals surface area contributed by atoms with Crippen LogP contribution in [0.25, 0.3) is 0 Å². The summed E-state index contributed by atoms with van der Waals surface area (Å²) in [6.45, 7) is 3.57. The molecule has 14 nitrogen and oxygen atoms in total. The lowest BCUT2D eigenvalue weighted by atomic mass is 9.96. The molecule has 1 saturated heterocycles. The van der Waals surface area contributed by atoms with Gasteiger partial charge in [-0.1, -0.05) is 0 Å². The highest BCUT2D eigenvalue weighted by atomic mass is 35.5. The van der Waals surface area contributed by atoms with Gasteiger partial charge in [-0.25, -0.2) is 4.79 Å². The number of ether oxygens (including phenoxy) is 5. The van der Waals surface area contributed by atoms with Gasteiger partial charge in [0.05, 0.1) is 11.8 Å². The minimum Gasteiger partial charge on any atom is -0.463 e. The Morgan fingerprint density at radius 1 is 0.938 bits per heavy atom. The second-order valence-electron chi connectivity index (χ2n) is 6.47. The smallest absolute Gasteiger partial charge is 0.341 e. The van der Waals surface area contributed by atoms with E-state index < -0.39 is 67.2 Å². The van der Waals surface area contributed by atoms with Crippen LogP contribution >= 0.6 is 11.6 Å². The molecule has 0 aromatic carbocycles. The maximum atomic E-state index is 12.5. The lowest BCUT2D eigenvalue weighted by Crippen LogP contribution is -2.67. The molecule has 0 aromatic heterocycles. The van der Waals surface area contributed by atoms with Crippen LogP contribution in [0, 0.1) is 4.91 Å². The highest BCUT2D eigenvalue weighted by Gasteiger charge is 2.52. The van der Waals surface area contributed by atoms with Gasteiger partial charge in [-0.05, 0) is 0 Å². The van der Waals surface area contributed by atoms with Crippen LogP contribution in [0.1, 0.15) is 27.7 Å². The number of hydrogen-bond acceptors (Lipinski definition) is 12. The number of hydrogen-bond donors (Lipinski definition) is 1. The maximum absolute atomic E-state index is 12.5. The molecule has 1 aliphatic heterocycles. The van der Waals surface area contributed by atoms with Crippen LogP contribution in [0.5, 0.6) is 0 Å². The van der Waals surface area contributed by atoms with Crippen molar-refractivity contribution in [3.63, 3.8) is 0 Å². The van der Waals surface area contributed by atoms with Crippen LogP contribution in [0.2, 0.25) is 0 Å². The van der Waals surface area contributed by atoms with E-state index in [1.165, 1.54) is 0 Å². The quantitative estimate of drug-likeness (QED) is 0.154. The molecule has 2 amide bonds. The van der Waals surface area contributed by atoms with Gasteiger partial charge in [0.25, 0.3) is 0 Å². The van der Waals surface area contributed by atoms with Gasteiger partial charge in [0.2, 0.25) is 6.29 Å². The second kappa shape index (κ2) is 12.8. The number of urea groups is 1. The third kappa shape index (κ3) is 8.26. The molecule has 1 aliphatic rings. The molecular formula is C17H24ClN3O11. The van der Waals surface area contributed by atoms with E-state index in [1.807, 2.05) is 0 Å². The molecule has 5 atom stereocenters. The Labute approximate surface area is 187 Å². The average Bonchev–Trinajstić information content (AvgIpc) is 2.67. The largest absolute Gasteiger partial charge is 0.463 e. The standard InChI is InChI=1S/C17H24ClN3O11/c1-8(22)28-7-12-14(29-9(2)23)15(30-10(3)24)13(16(32-12)31-11(4)25)19-17(26)21(20-27)6-5-18/h12-16H,5-7H2,1-4H3,(H,19,26)/t12-,13+,14-,15-,16-/m1/s1. The summed E-state index contributed by atoms with van der Waals surface area (Å²) in [6.07, 6.45) is -5.69. The van der Waals surface area contributed by atoms with Crippen molar-refractivity contribution in [2.45, 2.75) is 58.3 Å². The van der Waals surface area contributed by atoms with Crippen molar-refractivity contribution in [2.75, 3.05) is 19.0 Å². The first-order valence-electron chi connectivity index (χ1n) is 9.27. The van der Waals surface area contributed by atoms with E-state index in [9.17, 15) is 28.9 Å². The number of carbonyl (C=O) groups is 5. The summed E-state index contributed by atoms with van der Waals surface area (Å²) >= 11 is 5.53. The van der Waals surface area contributed by atoms with Gasteiger partial charge >= 0.3 is 29.9 Å². The summed E-state index contributed by atoms with van der Waals surface area (Å²) < 4.78 is 26.0. The molecule has 1 N–H and O–H groups in total. The number of carbonyl (C=O) groups excluding carboxylic acids is 5. The van der Waals surface area contributed by atoms with Crippen LogP contribution in [0.15, 0.2) is 5.29 Å². The number of nitrogens with zero attached hydrogens (tertiary/aromatic N) is 2. The third-order valence-corrected chi connectivity index (χ3v) is 4.07. The Morgan fingerprint density at radius 2 is 1.50 bits per heavy atom. The Kier molecular flexibility index (Phi) is 10.8. The van der Waals surface area contributed by atoms with E-state index in [0.717, 1.165) is 27.7 Å².